The lowest BCUT2D eigenvalue weighted by atomic mass is 10.8. The van der Waals surface area contributed by atoms with E-state index in [9.17, 15) is 4.57 Å². The predicted octanol–water partition coefficient (Wildman–Crippen LogP) is -0.276. The molecule has 0 saturated heterocycles. The molecule has 0 N–H and O–H groups in total. The fourth-order valence-electron chi connectivity index (χ4n) is 0. The molecule has 1 unspecified atom stereocenters. The van der Waals surface area contributed by atoms with E-state index in [4.69, 9.17) is 0 Å². The van der Waals surface area contributed by atoms with E-state index < -0.39 is 7.68 Å². The van der Waals surface area contributed by atoms with Crippen molar-refractivity contribution >= 4 is 15.2 Å². The maximum absolute atomic E-state index is 9.63. The zero-order valence-electron chi connectivity index (χ0n) is 2.91. The van der Waals surface area contributed by atoms with Gasteiger partial charge in [0.2, 0.25) is 0 Å². The molecule has 0 saturated carbocycles. The van der Waals surface area contributed by atoms with E-state index >= 15 is 0 Å². The minimum absolute atomic E-state index is 1.13. The van der Waals surface area contributed by atoms with Gasteiger partial charge in [0.15, 0.2) is 7.57 Å². The maximum atomic E-state index is 9.63. The third kappa shape index (κ3) is 44.2. The minimum Gasteiger partial charge on any atom is -0.338 e. The van der Waals surface area contributed by atoms with Crippen LogP contribution in [-0.4, -0.2) is 14.2 Å². The van der Waals surface area contributed by atoms with Gasteiger partial charge in [-0.2, -0.15) is 0 Å². The smallest absolute Gasteiger partial charge is 0.178 e. The maximum Gasteiger partial charge on any atom is 0.178 e. The molecule has 24 valence electrons. The molecule has 0 fully saturated rings. The Labute approximate surface area is 27.6 Å². The van der Waals surface area contributed by atoms with Crippen molar-refractivity contribution in [2.24, 2.45) is 0 Å². The summed E-state index contributed by atoms with van der Waals surface area (Å²) in [5, 5.41) is 0. The first kappa shape index (κ1) is 4.29. The topological polar surface area (TPSA) is 17.1 Å². The molecule has 0 aromatic carbocycles. The van der Waals surface area contributed by atoms with Gasteiger partial charge in [0.25, 0.3) is 0 Å². The molecule has 4 heavy (non-hydrogen) atoms. The van der Waals surface area contributed by atoms with Crippen molar-refractivity contribution < 1.29 is 4.57 Å². The van der Waals surface area contributed by atoms with E-state index in [1.165, 1.54) is 0 Å². The largest absolute Gasteiger partial charge is 0.338 e. The van der Waals surface area contributed by atoms with E-state index in [0.29, 0.717) is 0 Å². The van der Waals surface area contributed by atoms with Gasteiger partial charge in [-0.3, -0.25) is 0 Å². The van der Waals surface area contributed by atoms with Crippen LogP contribution in [0.1, 0.15) is 0 Å². The van der Waals surface area contributed by atoms with Crippen LogP contribution in [0.4, 0.5) is 0 Å². The highest BCUT2D eigenvalue weighted by molar-refractivity contribution is 7.71. The number of hydrogen-bond donors (Lipinski definition) is 0. The highest BCUT2D eigenvalue weighted by Crippen LogP contribution is 1.98. The Hall–Kier alpha value is 0.295. The van der Waals surface area contributed by atoms with Crippen molar-refractivity contribution in [2.45, 2.75) is 0 Å². The first-order valence-electron chi connectivity index (χ1n) is 1.20. The van der Waals surface area contributed by atoms with Crippen LogP contribution in [0.2, 0.25) is 0 Å². The average molecular weight is 75.8 g/mol. The zero-order chi connectivity index (χ0) is 3.58. The lowest BCUT2D eigenvalue weighted by Crippen LogP contribution is -1.38. The molecule has 0 rings (SSSR count). The fraction of sp³-hybridized carbons (Fsp3) is 1.00. The summed E-state index contributed by atoms with van der Waals surface area (Å²) in [6.07, 6.45) is 0. The average Bonchev–Trinajstić information content (AvgIpc) is 0.811. The van der Waals surface area contributed by atoms with Gasteiger partial charge in [0.1, 0.15) is 0 Å². The first-order valence-corrected chi connectivity index (χ1v) is 3.61. The van der Waals surface area contributed by atoms with Gasteiger partial charge in [-0.15, -0.1) is 0 Å². The second kappa shape index (κ2) is 1.60. The summed E-state index contributed by atoms with van der Waals surface area (Å²) in [7, 11) is 0.583. The summed E-state index contributed by atoms with van der Waals surface area (Å²) < 4.78 is 9.63. The van der Waals surface area contributed by atoms with Gasteiger partial charge in [-0.1, -0.05) is 0 Å². The van der Waals surface area contributed by atoms with Gasteiger partial charge >= 0.3 is 0 Å². The van der Waals surface area contributed by atoms with Crippen molar-refractivity contribution in [1.82, 2.24) is 0 Å². The number of hydrogen-bond acceptors (Lipinski definition) is 1. The Morgan fingerprint density at radius 3 is 2.00 bits per heavy atom. The Balaban J connectivity index is 2.80. The molecular weight excluding hydrogens is 69.8 g/mol. The van der Waals surface area contributed by atoms with Crippen LogP contribution in [0.5, 0.6) is 0 Å². The summed E-state index contributed by atoms with van der Waals surface area (Å²) in [4.78, 5) is 0. The van der Waals surface area contributed by atoms with Crippen LogP contribution in [0, 0.1) is 0 Å². The molecule has 0 radical (unpaired) electrons. The lowest BCUT2D eigenvalue weighted by Gasteiger charge is -1.58. The van der Waals surface area contributed by atoms with Crippen LogP contribution in [-0.2, 0) is 4.57 Å². The monoisotopic (exact) mass is 76.0 g/mol. The lowest BCUT2D eigenvalue weighted by molar-refractivity contribution is 0.598. The second-order valence-corrected chi connectivity index (χ2v) is 2.72. The Bertz CT molecular complexity index is 31.0. The Morgan fingerprint density at radius 2 is 2.00 bits per heavy atom. The van der Waals surface area contributed by atoms with Crippen LogP contribution in [0.15, 0.2) is 0 Å². The summed E-state index contributed by atoms with van der Waals surface area (Å²) in [5.74, 6) is 0. The molecule has 1 atom stereocenters. The summed E-state index contributed by atoms with van der Waals surface area (Å²) >= 11 is 0. The predicted molar refractivity (Wildman–Crippen MR) is 23.5 cm³/mol. The van der Waals surface area contributed by atoms with E-state index in [1.54, 1.807) is 14.2 Å². The highest BCUT2D eigenvalue weighted by Gasteiger charge is 1.61. The molecule has 0 heterocycles. The second-order valence-electron chi connectivity index (χ2n) is 0.908. The van der Waals surface area contributed by atoms with Gasteiger partial charge in [0, 0.05) is 7.68 Å². The third-order valence-corrected chi connectivity index (χ3v) is 0. The van der Waals surface area contributed by atoms with E-state index in [-0.39, 0.29) is 0 Å². The summed E-state index contributed by atoms with van der Waals surface area (Å²) in [6, 6.07) is 0. The molecular formula is CH6BOP. The van der Waals surface area contributed by atoms with Gasteiger partial charge in [-0.25, -0.2) is 0 Å². The third-order valence-electron chi connectivity index (χ3n) is 0. The van der Waals surface area contributed by atoms with Crippen molar-refractivity contribution in [3.8, 4) is 0 Å². The molecule has 0 aliphatic rings. The molecule has 0 aromatic heterocycles. The molecule has 0 spiro atoms. The van der Waals surface area contributed by atoms with Crippen LogP contribution in [0.3, 0.4) is 0 Å². The first-order chi connectivity index (χ1) is 1.73. The molecule has 0 aliphatic carbocycles. The van der Waals surface area contributed by atoms with E-state index in [0.717, 1.165) is 0 Å². The van der Waals surface area contributed by atoms with E-state index in [1.807, 2.05) is 0 Å². The van der Waals surface area contributed by atoms with Crippen molar-refractivity contribution in [2.75, 3.05) is 6.66 Å². The number of rotatable bonds is 0. The standard InChI is InChI=1S/CH6BOP/c1-4(2)3/h4H,2H2,1H3. The van der Waals surface area contributed by atoms with Gasteiger partial charge in [-0.05, 0) is 6.66 Å². The summed E-state index contributed by atoms with van der Waals surface area (Å²) in [5.41, 5.74) is 0. The fourth-order valence-corrected chi connectivity index (χ4v) is 0. The molecule has 1 nitrogen and oxygen atoms in total. The van der Waals surface area contributed by atoms with Crippen LogP contribution in [0.25, 0.3) is 0 Å². The molecule has 0 bridgehead atoms. The molecule has 0 aromatic rings. The quantitative estimate of drug-likeness (QED) is 0.286. The molecule has 3 heteroatoms. The van der Waals surface area contributed by atoms with Crippen molar-refractivity contribution in [1.29, 1.82) is 0 Å². The van der Waals surface area contributed by atoms with Gasteiger partial charge < -0.3 is 4.57 Å². The van der Waals surface area contributed by atoms with Gasteiger partial charge in [0.05, 0.1) is 0 Å². The summed E-state index contributed by atoms with van der Waals surface area (Å²) in [6.45, 7) is 1.71. The zero-order valence-corrected chi connectivity index (χ0v) is 3.91. The highest BCUT2D eigenvalue weighted by atomic mass is 31.1. The van der Waals surface area contributed by atoms with Crippen molar-refractivity contribution in [3.05, 3.63) is 0 Å². The Morgan fingerprint density at radius 1 is 2.00 bits per heavy atom. The molecule has 0 amide bonds. The van der Waals surface area contributed by atoms with Crippen LogP contribution >= 0.6 is 7.68 Å². The minimum atomic E-state index is -1.13. The normalized spacial score (nSPS) is 15.2. The van der Waals surface area contributed by atoms with Crippen LogP contribution < -0.4 is 0 Å². The van der Waals surface area contributed by atoms with Crippen molar-refractivity contribution in [3.63, 3.8) is 0 Å². The van der Waals surface area contributed by atoms with E-state index in [2.05, 4.69) is 0 Å². The molecule has 0 aliphatic heterocycles. The SMILES string of the molecule is B[PH](C)=O. The Kier molecular flexibility index (Phi) is 1.72.